The largest absolute Gasteiger partial charge is 0.501 e. The van der Waals surface area contributed by atoms with Crippen LogP contribution in [0.15, 0.2) is 28.6 Å². The number of aromatic nitrogens is 2. The van der Waals surface area contributed by atoms with Gasteiger partial charge >= 0.3 is 0 Å². The molecule has 9 N–H and O–H groups in total. The summed E-state index contributed by atoms with van der Waals surface area (Å²) in [4.78, 5) is 31.5. The topological polar surface area (TPSA) is 195 Å². The molecule has 0 fully saturated rings. The molecule has 1 aliphatic heterocycles. The third-order valence-electron chi connectivity index (χ3n) is 4.44. The molecule has 13 heteroatoms. The number of nitrogens with zero attached hydrogens (tertiary/aromatic N) is 5. The number of fused-ring (bicyclic) bond motifs is 1. The van der Waals surface area contributed by atoms with Gasteiger partial charge in [-0.05, 0) is 13.8 Å². The first-order chi connectivity index (χ1) is 14.3. The van der Waals surface area contributed by atoms with Crippen molar-refractivity contribution < 1.29 is 14.6 Å². The Kier molecular flexibility index (Phi) is 7.15. The number of hydrazine groups is 2. The molecule has 0 aliphatic carbocycles. The molecule has 2 rings (SSSR count). The van der Waals surface area contributed by atoms with Crippen molar-refractivity contribution in [3.8, 4) is 5.75 Å². The Labute approximate surface area is 180 Å². The molecule has 0 atom stereocenters. The zero-order valence-corrected chi connectivity index (χ0v) is 18.2. The fourth-order valence-corrected chi connectivity index (χ4v) is 3.21. The highest BCUT2D eigenvalue weighted by Gasteiger charge is 2.35. The molecule has 172 valence electrons. The number of amides is 1. The van der Waals surface area contributed by atoms with Gasteiger partial charge in [-0.15, -0.1) is 0 Å². The van der Waals surface area contributed by atoms with Crippen LogP contribution in [0.25, 0.3) is 0 Å². The summed E-state index contributed by atoms with van der Waals surface area (Å²) in [5.41, 5.74) is 10.4. The van der Waals surface area contributed by atoms with Gasteiger partial charge in [-0.3, -0.25) is 14.2 Å². The molecule has 0 spiro atoms. The van der Waals surface area contributed by atoms with Crippen LogP contribution >= 0.6 is 0 Å². The van der Waals surface area contributed by atoms with E-state index in [1.54, 1.807) is 27.9 Å². The fraction of sp³-hybridized carbons (Fsp3) is 0.500. The van der Waals surface area contributed by atoms with Crippen LogP contribution in [0.5, 0.6) is 5.75 Å². The highest BCUT2D eigenvalue weighted by atomic mass is 16.5. The molecule has 0 unspecified atom stereocenters. The molecule has 13 nitrogen and oxygen atoms in total. The lowest BCUT2D eigenvalue weighted by atomic mass is 10.1. The minimum absolute atomic E-state index is 0.0946. The summed E-state index contributed by atoms with van der Waals surface area (Å²) < 4.78 is 6.97. The Hall–Kier alpha value is -3.29. The lowest BCUT2D eigenvalue weighted by Gasteiger charge is -2.33. The molecule has 0 saturated heterocycles. The van der Waals surface area contributed by atoms with Crippen molar-refractivity contribution in [3.63, 3.8) is 0 Å². The van der Waals surface area contributed by atoms with Crippen LogP contribution in [0.4, 0.5) is 0 Å². The zero-order chi connectivity index (χ0) is 23.5. The van der Waals surface area contributed by atoms with Crippen molar-refractivity contribution in [2.24, 2.45) is 23.2 Å². The summed E-state index contributed by atoms with van der Waals surface area (Å²) in [5.74, 6) is 9.89. The Balaban J connectivity index is 2.53. The SMILES string of the molecule is CN(N)/C=C(\N)CN(C/C(N)=C/N(C)N)C(=O)c1nc2n(c(=O)c1O)CCOC2(C)C. The third kappa shape index (κ3) is 5.65. The highest BCUT2D eigenvalue weighted by molar-refractivity contribution is 5.95. The number of hydrogen-bond acceptors (Lipinski definition) is 11. The van der Waals surface area contributed by atoms with Gasteiger partial charge in [0.05, 0.1) is 26.2 Å². The Morgan fingerprint density at radius 3 is 2.19 bits per heavy atom. The van der Waals surface area contributed by atoms with Crippen LogP contribution in [-0.2, 0) is 16.9 Å². The van der Waals surface area contributed by atoms with Gasteiger partial charge in [0, 0.05) is 37.9 Å². The minimum atomic E-state index is -0.923. The molecule has 1 aromatic rings. The first-order valence-corrected chi connectivity index (χ1v) is 9.48. The quantitative estimate of drug-likeness (QED) is 0.231. The molecule has 1 amide bonds. The van der Waals surface area contributed by atoms with E-state index >= 15 is 0 Å². The monoisotopic (exact) mass is 437 g/mol. The number of ether oxygens (including phenoxy) is 1. The first-order valence-electron chi connectivity index (χ1n) is 9.48. The lowest BCUT2D eigenvalue weighted by molar-refractivity contribution is -0.0567. The van der Waals surface area contributed by atoms with E-state index in [2.05, 4.69) is 4.98 Å². The van der Waals surface area contributed by atoms with Gasteiger partial charge in [0.1, 0.15) is 11.4 Å². The Morgan fingerprint density at radius 2 is 1.71 bits per heavy atom. The lowest BCUT2D eigenvalue weighted by Crippen LogP contribution is -2.44. The normalized spacial score (nSPS) is 15.9. The molecule has 0 aromatic carbocycles. The summed E-state index contributed by atoms with van der Waals surface area (Å²) in [7, 11) is 3.13. The number of carbonyl (C=O) groups excluding carboxylic acids is 1. The summed E-state index contributed by atoms with van der Waals surface area (Å²) >= 11 is 0. The number of rotatable bonds is 7. The van der Waals surface area contributed by atoms with Crippen LogP contribution < -0.4 is 28.7 Å². The maximum Gasteiger partial charge on any atom is 0.296 e. The average Bonchev–Trinajstić information content (AvgIpc) is 2.62. The van der Waals surface area contributed by atoms with E-state index in [1.807, 2.05) is 0 Å². The first kappa shape index (κ1) is 24.0. The van der Waals surface area contributed by atoms with E-state index in [0.29, 0.717) is 0 Å². The molecule has 0 bridgehead atoms. The second kappa shape index (κ2) is 9.24. The zero-order valence-electron chi connectivity index (χ0n) is 18.2. The van der Waals surface area contributed by atoms with Gasteiger partial charge in [-0.1, -0.05) is 0 Å². The summed E-state index contributed by atoms with van der Waals surface area (Å²) in [6, 6.07) is 0. The maximum atomic E-state index is 13.3. The average molecular weight is 438 g/mol. The van der Waals surface area contributed by atoms with E-state index in [0.717, 1.165) is 0 Å². The number of carbonyl (C=O) groups is 1. The van der Waals surface area contributed by atoms with Gasteiger partial charge in [0.25, 0.3) is 11.5 Å². The van der Waals surface area contributed by atoms with Gasteiger partial charge in [0.2, 0.25) is 5.75 Å². The van der Waals surface area contributed by atoms with Crippen molar-refractivity contribution >= 4 is 5.91 Å². The van der Waals surface area contributed by atoms with Gasteiger partial charge in [-0.25, -0.2) is 16.7 Å². The summed E-state index contributed by atoms with van der Waals surface area (Å²) in [6.45, 7) is 3.76. The van der Waals surface area contributed by atoms with E-state index in [-0.39, 0.29) is 43.5 Å². The second-order valence-electron chi connectivity index (χ2n) is 7.85. The Morgan fingerprint density at radius 1 is 1.19 bits per heavy atom. The molecular formula is C18H31N9O4. The molecule has 0 radical (unpaired) electrons. The van der Waals surface area contributed by atoms with E-state index < -0.39 is 28.5 Å². The van der Waals surface area contributed by atoms with Crippen molar-refractivity contribution in [2.45, 2.75) is 26.0 Å². The van der Waals surface area contributed by atoms with Gasteiger partial charge < -0.3 is 36.2 Å². The second-order valence-corrected chi connectivity index (χ2v) is 7.85. The maximum absolute atomic E-state index is 13.3. The standard InChI is InChI=1S/C18H31N9O4/c1-18(2)17-23-13(14(28)16(30)27(17)5-6-31-18)15(29)26(9-11(19)7-24(3)21)10-12(20)8-25(4)22/h7-8,28H,5-6,9-10,19-22H2,1-4H3/b11-7-,12-8-. The predicted molar refractivity (Wildman–Crippen MR) is 113 cm³/mol. The van der Waals surface area contributed by atoms with Crippen molar-refractivity contribution in [2.75, 3.05) is 33.8 Å². The smallest absolute Gasteiger partial charge is 0.296 e. The van der Waals surface area contributed by atoms with E-state index in [4.69, 9.17) is 27.9 Å². The van der Waals surface area contributed by atoms with Gasteiger partial charge in [-0.2, -0.15) is 0 Å². The van der Waals surface area contributed by atoms with Crippen LogP contribution in [0.3, 0.4) is 0 Å². The number of aromatic hydroxyl groups is 1. The molecule has 2 heterocycles. The van der Waals surface area contributed by atoms with E-state index in [1.165, 1.54) is 31.9 Å². The minimum Gasteiger partial charge on any atom is -0.501 e. The molecule has 0 saturated carbocycles. The van der Waals surface area contributed by atoms with Crippen molar-refractivity contribution in [1.82, 2.24) is 24.5 Å². The van der Waals surface area contributed by atoms with Crippen LogP contribution in [0.1, 0.15) is 30.2 Å². The number of hydrogen-bond donors (Lipinski definition) is 5. The van der Waals surface area contributed by atoms with Crippen molar-refractivity contribution in [1.29, 1.82) is 0 Å². The van der Waals surface area contributed by atoms with Crippen LogP contribution in [-0.4, -0.2) is 69.3 Å². The fourth-order valence-electron chi connectivity index (χ4n) is 3.21. The highest BCUT2D eigenvalue weighted by Crippen LogP contribution is 2.27. The number of nitrogens with two attached hydrogens (primary N) is 4. The van der Waals surface area contributed by atoms with Crippen LogP contribution in [0.2, 0.25) is 0 Å². The molecule has 31 heavy (non-hydrogen) atoms. The van der Waals surface area contributed by atoms with Crippen molar-refractivity contribution in [3.05, 3.63) is 45.7 Å². The third-order valence-corrected chi connectivity index (χ3v) is 4.44. The van der Waals surface area contributed by atoms with Gasteiger partial charge in [0.15, 0.2) is 5.69 Å². The molecule has 1 aliphatic rings. The summed E-state index contributed by atoms with van der Waals surface area (Å²) in [5, 5.41) is 12.9. The predicted octanol–water partition coefficient (Wildman–Crippen LogP) is -2.13. The van der Waals surface area contributed by atoms with Crippen LogP contribution in [0, 0.1) is 0 Å². The Bertz CT molecular complexity index is 924. The molecule has 1 aromatic heterocycles. The van der Waals surface area contributed by atoms with E-state index in [9.17, 15) is 14.7 Å². The molecular weight excluding hydrogens is 406 g/mol. The summed E-state index contributed by atoms with van der Waals surface area (Å²) in [6.07, 6.45) is 2.84.